The number of methoxy groups -OCH3 is 1. The normalized spacial score (nSPS) is 10.2. The highest BCUT2D eigenvalue weighted by molar-refractivity contribution is 5.87. The topological polar surface area (TPSA) is 56.5 Å². The van der Waals surface area contributed by atoms with Crippen LogP contribution >= 0.6 is 0 Å². The fourth-order valence-corrected chi connectivity index (χ4v) is 1.17. The maximum atomic E-state index is 10.6. The Morgan fingerprint density at radius 1 is 1.62 bits per heavy atom. The molecular weight excluding hydrogens is 170 g/mol. The van der Waals surface area contributed by atoms with Crippen molar-refractivity contribution >= 4 is 11.8 Å². The summed E-state index contributed by atoms with van der Waals surface area (Å²) in [6, 6.07) is 0. The van der Waals surface area contributed by atoms with Gasteiger partial charge in [-0.05, 0) is 0 Å². The number of hydrogen-bond donors (Lipinski definition) is 0. The van der Waals surface area contributed by atoms with Crippen LogP contribution < -0.4 is 4.74 Å². The van der Waals surface area contributed by atoms with Crippen LogP contribution in [0.1, 0.15) is 10.4 Å². The quantitative estimate of drug-likeness (QED) is 0.628. The van der Waals surface area contributed by atoms with Gasteiger partial charge in [0.25, 0.3) is 0 Å². The molecule has 2 aromatic heterocycles. The van der Waals surface area contributed by atoms with E-state index in [0.717, 1.165) is 6.29 Å². The number of ether oxygens (including phenoxy) is 1. The fourth-order valence-electron chi connectivity index (χ4n) is 1.17. The minimum absolute atomic E-state index is 0.405. The molecule has 0 fully saturated rings. The lowest BCUT2D eigenvalue weighted by atomic mass is 10.3. The summed E-state index contributed by atoms with van der Waals surface area (Å²) in [6.45, 7) is 0. The molecule has 0 aliphatic rings. The minimum Gasteiger partial charge on any atom is -0.479 e. The van der Waals surface area contributed by atoms with Gasteiger partial charge in [0.15, 0.2) is 6.29 Å². The summed E-state index contributed by atoms with van der Waals surface area (Å²) in [5.41, 5.74) is 1.07. The van der Waals surface area contributed by atoms with Crippen LogP contribution in [0.3, 0.4) is 0 Å². The number of fused-ring (bicyclic) bond motifs is 1. The van der Waals surface area contributed by atoms with Crippen LogP contribution in [0.2, 0.25) is 0 Å². The van der Waals surface area contributed by atoms with E-state index >= 15 is 0 Å². The van der Waals surface area contributed by atoms with E-state index in [0.29, 0.717) is 17.0 Å². The zero-order valence-electron chi connectivity index (χ0n) is 6.97. The third-order valence-corrected chi connectivity index (χ3v) is 1.75. The molecule has 0 spiro atoms. The van der Waals surface area contributed by atoms with Gasteiger partial charge < -0.3 is 4.74 Å². The molecule has 0 bridgehead atoms. The van der Waals surface area contributed by atoms with Crippen molar-refractivity contribution in [3.8, 4) is 5.88 Å². The minimum atomic E-state index is 0.405. The van der Waals surface area contributed by atoms with E-state index in [-0.39, 0.29) is 0 Å². The summed E-state index contributed by atoms with van der Waals surface area (Å²) in [5.74, 6) is 0.405. The Hall–Kier alpha value is -1.91. The van der Waals surface area contributed by atoms with Gasteiger partial charge in [-0.3, -0.25) is 4.79 Å². The first-order valence-electron chi connectivity index (χ1n) is 3.68. The predicted molar refractivity (Wildman–Crippen MR) is 44.9 cm³/mol. The second kappa shape index (κ2) is 2.85. The van der Waals surface area contributed by atoms with Crippen molar-refractivity contribution in [2.24, 2.45) is 0 Å². The van der Waals surface area contributed by atoms with Crippen LogP contribution in [-0.2, 0) is 0 Å². The fraction of sp³-hybridized carbons (Fsp3) is 0.125. The number of rotatable bonds is 2. The molecule has 2 heterocycles. The second-order valence-electron chi connectivity index (χ2n) is 2.45. The lowest BCUT2D eigenvalue weighted by molar-refractivity contribution is 0.112. The van der Waals surface area contributed by atoms with Gasteiger partial charge in [-0.2, -0.15) is 5.10 Å². The number of aldehydes is 1. The highest BCUT2D eigenvalue weighted by Gasteiger charge is 2.08. The Bertz CT molecular complexity index is 450. The smallest absolute Gasteiger partial charge is 0.240 e. The first-order chi connectivity index (χ1) is 6.36. The molecule has 5 nitrogen and oxygen atoms in total. The zero-order chi connectivity index (χ0) is 9.26. The molecule has 0 amide bonds. The van der Waals surface area contributed by atoms with Crippen molar-refractivity contribution in [3.63, 3.8) is 0 Å². The largest absolute Gasteiger partial charge is 0.479 e. The van der Waals surface area contributed by atoms with Gasteiger partial charge in [-0.1, -0.05) is 0 Å². The summed E-state index contributed by atoms with van der Waals surface area (Å²) in [5, 5.41) is 3.96. The van der Waals surface area contributed by atoms with Gasteiger partial charge in [0.05, 0.1) is 18.9 Å². The van der Waals surface area contributed by atoms with Gasteiger partial charge in [0.2, 0.25) is 5.88 Å². The van der Waals surface area contributed by atoms with Gasteiger partial charge in [0.1, 0.15) is 5.52 Å². The van der Waals surface area contributed by atoms with E-state index in [1.165, 1.54) is 13.3 Å². The monoisotopic (exact) mass is 177 g/mol. The molecule has 0 radical (unpaired) electrons. The molecule has 66 valence electrons. The van der Waals surface area contributed by atoms with Crippen LogP contribution in [0.4, 0.5) is 0 Å². The van der Waals surface area contributed by atoms with E-state index in [1.54, 1.807) is 16.9 Å². The Kier molecular flexibility index (Phi) is 1.70. The molecule has 13 heavy (non-hydrogen) atoms. The van der Waals surface area contributed by atoms with Gasteiger partial charge in [-0.25, -0.2) is 9.50 Å². The van der Waals surface area contributed by atoms with Crippen LogP contribution in [-0.4, -0.2) is 28.0 Å². The first-order valence-corrected chi connectivity index (χ1v) is 3.68. The van der Waals surface area contributed by atoms with E-state index in [9.17, 15) is 4.79 Å². The number of nitrogens with zero attached hydrogens (tertiary/aromatic N) is 3. The van der Waals surface area contributed by atoms with E-state index in [1.807, 2.05) is 0 Å². The van der Waals surface area contributed by atoms with Gasteiger partial charge in [0, 0.05) is 12.4 Å². The Morgan fingerprint density at radius 3 is 3.15 bits per heavy atom. The molecule has 0 aromatic carbocycles. The Labute approximate surface area is 74.0 Å². The number of carbonyl (C=O) groups excluding carboxylic acids is 1. The molecule has 0 saturated carbocycles. The average Bonchev–Trinajstić information content (AvgIpc) is 2.60. The Balaban J connectivity index is 2.83. The maximum absolute atomic E-state index is 10.6. The second-order valence-corrected chi connectivity index (χ2v) is 2.45. The highest BCUT2D eigenvalue weighted by Crippen LogP contribution is 2.18. The highest BCUT2D eigenvalue weighted by atomic mass is 16.5. The van der Waals surface area contributed by atoms with Crippen molar-refractivity contribution in [2.45, 2.75) is 0 Å². The molecule has 0 unspecified atom stereocenters. The maximum Gasteiger partial charge on any atom is 0.240 e. The van der Waals surface area contributed by atoms with Crippen LogP contribution in [0.15, 0.2) is 18.6 Å². The van der Waals surface area contributed by atoms with Crippen molar-refractivity contribution in [3.05, 3.63) is 24.2 Å². The number of aromatic nitrogens is 3. The third-order valence-electron chi connectivity index (χ3n) is 1.75. The van der Waals surface area contributed by atoms with E-state index in [2.05, 4.69) is 10.1 Å². The zero-order valence-corrected chi connectivity index (χ0v) is 6.97. The molecule has 5 heteroatoms. The molecule has 0 saturated heterocycles. The number of hydrogen-bond acceptors (Lipinski definition) is 4. The van der Waals surface area contributed by atoms with Gasteiger partial charge >= 0.3 is 0 Å². The molecule has 2 aromatic rings. The summed E-state index contributed by atoms with van der Waals surface area (Å²) >= 11 is 0. The van der Waals surface area contributed by atoms with Crippen molar-refractivity contribution in [1.29, 1.82) is 0 Å². The molecule has 0 aliphatic carbocycles. The summed E-state index contributed by atoms with van der Waals surface area (Å²) in [4.78, 5) is 14.6. The first kappa shape index (κ1) is 7.72. The lowest BCUT2D eigenvalue weighted by Crippen LogP contribution is -1.94. The Morgan fingerprint density at radius 2 is 2.46 bits per heavy atom. The van der Waals surface area contributed by atoms with E-state index in [4.69, 9.17) is 4.74 Å². The van der Waals surface area contributed by atoms with Gasteiger partial charge in [-0.15, -0.1) is 0 Å². The number of carbonyl (C=O) groups is 1. The average molecular weight is 177 g/mol. The molecule has 0 N–H and O–H groups in total. The third kappa shape index (κ3) is 1.05. The lowest BCUT2D eigenvalue weighted by Gasteiger charge is -1.99. The van der Waals surface area contributed by atoms with Crippen LogP contribution in [0, 0.1) is 0 Å². The van der Waals surface area contributed by atoms with Crippen LogP contribution in [0.25, 0.3) is 5.52 Å². The summed E-state index contributed by atoms with van der Waals surface area (Å²) in [6.07, 6.45) is 5.43. The van der Waals surface area contributed by atoms with Crippen molar-refractivity contribution in [1.82, 2.24) is 14.6 Å². The molecule has 2 rings (SSSR count). The molecular formula is C8H7N3O2. The predicted octanol–water partition coefficient (Wildman–Crippen LogP) is 0.550. The van der Waals surface area contributed by atoms with Crippen LogP contribution in [0.5, 0.6) is 5.88 Å². The summed E-state index contributed by atoms with van der Waals surface area (Å²) < 4.78 is 6.55. The van der Waals surface area contributed by atoms with E-state index < -0.39 is 0 Å². The SMILES string of the molecule is COc1nccn2ncc(C=O)c12. The van der Waals surface area contributed by atoms with Crippen molar-refractivity contribution in [2.75, 3.05) is 7.11 Å². The molecule has 0 atom stereocenters. The molecule has 0 aliphatic heterocycles. The van der Waals surface area contributed by atoms with Crippen molar-refractivity contribution < 1.29 is 9.53 Å². The summed E-state index contributed by atoms with van der Waals surface area (Å²) in [7, 11) is 1.50. The standard InChI is InChI=1S/C8H7N3O2/c1-13-8-7-6(5-12)4-10-11(7)3-2-9-8/h2-5H,1H3.